The zero-order chi connectivity index (χ0) is 18.1. The van der Waals surface area contributed by atoms with Crippen molar-refractivity contribution in [1.29, 1.82) is 0 Å². The van der Waals surface area contributed by atoms with E-state index >= 15 is 0 Å². The van der Waals surface area contributed by atoms with Crippen LogP contribution in [0.2, 0.25) is 0 Å². The van der Waals surface area contributed by atoms with Crippen LogP contribution in [-0.4, -0.2) is 26.7 Å². The van der Waals surface area contributed by atoms with E-state index in [1.165, 1.54) is 11.1 Å². The van der Waals surface area contributed by atoms with Crippen LogP contribution in [0, 0.1) is 0 Å². The topological polar surface area (TPSA) is 68.9 Å². The molecule has 142 valence electrons. The van der Waals surface area contributed by atoms with Crippen molar-refractivity contribution in [2.45, 2.75) is 26.3 Å². The number of nitrogens with two attached hydrogens (primary N) is 1. The Morgan fingerprint density at radius 2 is 1.58 bits per heavy atom. The molecule has 0 aliphatic rings. The quantitative estimate of drug-likeness (QED) is 0.353. The molecule has 6 heteroatoms. The fraction of sp³-hybridized carbons (Fsp3) is 0.350. The fourth-order valence-electron chi connectivity index (χ4n) is 2.49. The molecule has 0 heterocycles. The lowest BCUT2D eigenvalue weighted by atomic mass is 10.1. The Balaban J connectivity index is 0.00000338. The second-order valence-corrected chi connectivity index (χ2v) is 5.74. The van der Waals surface area contributed by atoms with Crippen LogP contribution >= 0.6 is 24.0 Å². The maximum Gasteiger partial charge on any atom is 0.188 e. The third-order valence-electron chi connectivity index (χ3n) is 4.03. The molecule has 0 aliphatic heterocycles. The van der Waals surface area contributed by atoms with Gasteiger partial charge in [0.25, 0.3) is 0 Å². The number of nitrogens with zero attached hydrogens (tertiary/aromatic N) is 1. The van der Waals surface area contributed by atoms with Crippen molar-refractivity contribution < 1.29 is 9.47 Å². The van der Waals surface area contributed by atoms with Gasteiger partial charge in [0, 0.05) is 6.54 Å². The molecule has 0 atom stereocenters. The summed E-state index contributed by atoms with van der Waals surface area (Å²) < 4.78 is 10.5. The van der Waals surface area contributed by atoms with Gasteiger partial charge in [-0.25, -0.2) is 4.99 Å². The van der Waals surface area contributed by atoms with Gasteiger partial charge in [0.15, 0.2) is 17.5 Å². The van der Waals surface area contributed by atoms with Crippen molar-refractivity contribution in [1.82, 2.24) is 5.32 Å². The van der Waals surface area contributed by atoms with Crippen LogP contribution in [0.1, 0.15) is 23.6 Å². The first-order valence-electron chi connectivity index (χ1n) is 8.48. The van der Waals surface area contributed by atoms with Gasteiger partial charge < -0.3 is 20.5 Å². The van der Waals surface area contributed by atoms with Crippen LogP contribution in [0.25, 0.3) is 0 Å². The Labute approximate surface area is 173 Å². The minimum absolute atomic E-state index is 0. The summed E-state index contributed by atoms with van der Waals surface area (Å²) in [4.78, 5) is 4.37. The van der Waals surface area contributed by atoms with Crippen molar-refractivity contribution in [2.24, 2.45) is 10.7 Å². The fourth-order valence-corrected chi connectivity index (χ4v) is 2.49. The maximum atomic E-state index is 5.94. The number of aryl methyl sites for hydroxylation is 1. The Hall–Kier alpha value is -1.96. The molecule has 0 bridgehead atoms. The predicted octanol–water partition coefficient (Wildman–Crippen LogP) is 3.53. The number of benzene rings is 2. The van der Waals surface area contributed by atoms with E-state index in [1.807, 2.05) is 18.2 Å². The van der Waals surface area contributed by atoms with Crippen LogP contribution in [0.5, 0.6) is 11.5 Å². The highest BCUT2D eigenvalue weighted by Crippen LogP contribution is 2.27. The number of halogens is 1. The molecule has 0 radical (unpaired) electrons. The van der Waals surface area contributed by atoms with Gasteiger partial charge in [0.2, 0.25) is 0 Å². The summed E-state index contributed by atoms with van der Waals surface area (Å²) in [6, 6.07) is 14.4. The monoisotopic (exact) mass is 469 g/mol. The summed E-state index contributed by atoms with van der Waals surface area (Å²) in [5.41, 5.74) is 9.60. The van der Waals surface area contributed by atoms with Gasteiger partial charge in [-0.3, -0.25) is 0 Å². The Morgan fingerprint density at radius 3 is 2.19 bits per heavy atom. The maximum absolute atomic E-state index is 5.94. The van der Waals surface area contributed by atoms with Crippen LogP contribution in [-0.2, 0) is 19.4 Å². The molecule has 2 rings (SSSR count). The molecule has 2 aromatic carbocycles. The predicted molar refractivity (Wildman–Crippen MR) is 118 cm³/mol. The van der Waals surface area contributed by atoms with Gasteiger partial charge in [-0.1, -0.05) is 37.3 Å². The van der Waals surface area contributed by atoms with E-state index in [0.717, 1.165) is 24.9 Å². The number of guanidine groups is 1. The number of hydrogen-bond donors (Lipinski definition) is 2. The highest BCUT2D eigenvalue weighted by molar-refractivity contribution is 14.0. The van der Waals surface area contributed by atoms with Gasteiger partial charge in [-0.2, -0.15) is 0 Å². The summed E-state index contributed by atoms with van der Waals surface area (Å²) in [7, 11) is 3.24. The van der Waals surface area contributed by atoms with Crippen molar-refractivity contribution in [3.05, 3.63) is 59.2 Å². The number of rotatable bonds is 8. The number of nitrogens with one attached hydrogen (secondary N) is 1. The van der Waals surface area contributed by atoms with E-state index in [1.54, 1.807) is 14.2 Å². The third kappa shape index (κ3) is 6.74. The van der Waals surface area contributed by atoms with E-state index in [9.17, 15) is 0 Å². The molecule has 0 unspecified atom stereocenters. The second-order valence-electron chi connectivity index (χ2n) is 5.74. The van der Waals surface area contributed by atoms with Gasteiger partial charge in [-0.05, 0) is 41.7 Å². The van der Waals surface area contributed by atoms with Crippen LogP contribution < -0.4 is 20.5 Å². The second kappa shape index (κ2) is 11.6. The number of aliphatic imine (C=N–C) groups is 1. The van der Waals surface area contributed by atoms with Crippen LogP contribution in [0.3, 0.4) is 0 Å². The largest absolute Gasteiger partial charge is 0.493 e. The average Bonchev–Trinajstić information content (AvgIpc) is 2.66. The molecule has 0 fully saturated rings. The minimum Gasteiger partial charge on any atom is -0.493 e. The molecule has 0 amide bonds. The molecule has 0 saturated carbocycles. The Morgan fingerprint density at radius 1 is 0.962 bits per heavy atom. The van der Waals surface area contributed by atoms with Gasteiger partial charge >= 0.3 is 0 Å². The minimum atomic E-state index is 0. The lowest BCUT2D eigenvalue weighted by Gasteiger charge is -2.09. The highest BCUT2D eigenvalue weighted by atomic mass is 127. The molecule has 2 aromatic rings. The highest BCUT2D eigenvalue weighted by Gasteiger charge is 2.04. The molecule has 0 aliphatic carbocycles. The normalized spacial score (nSPS) is 10.8. The van der Waals surface area contributed by atoms with Gasteiger partial charge in [-0.15, -0.1) is 24.0 Å². The first kappa shape index (κ1) is 22.1. The Bertz CT molecular complexity index is 703. The summed E-state index contributed by atoms with van der Waals surface area (Å²) in [6.07, 6.45) is 1.98. The first-order chi connectivity index (χ1) is 12.2. The van der Waals surface area contributed by atoms with Crippen molar-refractivity contribution in [3.8, 4) is 11.5 Å². The van der Waals surface area contributed by atoms with E-state index in [-0.39, 0.29) is 24.0 Å². The molecule has 5 nitrogen and oxygen atoms in total. The SMILES string of the molecule is CCc1ccc(CCNC(N)=NCc2ccc(OC)c(OC)c2)cc1.I. The molecule has 0 aromatic heterocycles. The molecule has 0 saturated heterocycles. The van der Waals surface area contributed by atoms with Crippen LogP contribution in [0.4, 0.5) is 0 Å². The standard InChI is InChI=1S/C20H27N3O2.HI/c1-4-15-5-7-16(8-6-15)11-12-22-20(21)23-14-17-9-10-18(24-2)19(13-17)25-3;/h5-10,13H,4,11-12,14H2,1-3H3,(H3,21,22,23);1H. The van der Waals surface area contributed by atoms with Crippen molar-refractivity contribution >= 4 is 29.9 Å². The van der Waals surface area contributed by atoms with Gasteiger partial charge in [0.05, 0.1) is 20.8 Å². The lowest BCUT2D eigenvalue weighted by molar-refractivity contribution is 0.354. The van der Waals surface area contributed by atoms with Crippen molar-refractivity contribution in [2.75, 3.05) is 20.8 Å². The molecular weight excluding hydrogens is 441 g/mol. The molecule has 3 N–H and O–H groups in total. The van der Waals surface area contributed by atoms with Crippen LogP contribution in [0.15, 0.2) is 47.5 Å². The summed E-state index contributed by atoms with van der Waals surface area (Å²) >= 11 is 0. The Kier molecular flexibility index (Phi) is 9.87. The van der Waals surface area contributed by atoms with E-state index in [4.69, 9.17) is 15.2 Å². The third-order valence-corrected chi connectivity index (χ3v) is 4.03. The van der Waals surface area contributed by atoms with E-state index in [0.29, 0.717) is 24.0 Å². The van der Waals surface area contributed by atoms with E-state index in [2.05, 4.69) is 41.5 Å². The van der Waals surface area contributed by atoms with Crippen molar-refractivity contribution in [3.63, 3.8) is 0 Å². The molecule has 26 heavy (non-hydrogen) atoms. The zero-order valence-electron chi connectivity index (χ0n) is 15.6. The average molecular weight is 469 g/mol. The number of ether oxygens (including phenoxy) is 2. The zero-order valence-corrected chi connectivity index (χ0v) is 17.9. The van der Waals surface area contributed by atoms with E-state index < -0.39 is 0 Å². The summed E-state index contributed by atoms with van der Waals surface area (Å²) in [5.74, 6) is 1.84. The first-order valence-corrected chi connectivity index (χ1v) is 8.48. The number of methoxy groups -OCH3 is 2. The van der Waals surface area contributed by atoms with Gasteiger partial charge in [0.1, 0.15) is 0 Å². The lowest BCUT2D eigenvalue weighted by Crippen LogP contribution is -2.33. The summed E-state index contributed by atoms with van der Waals surface area (Å²) in [5, 5.41) is 3.15. The smallest absolute Gasteiger partial charge is 0.188 e. The summed E-state index contributed by atoms with van der Waals surface area (Å²) in [6.45, 7) is 3.41. The molecule has 0 spiro atoms. The number of hydrogen-bond acceptors (Lipinski definition) is 3. The molecular formula is C20H28IN3O2.